The second-order valence-corrected chi connectivity index (χ2v) is 4.73. The normalized spacial score (nSPS) is 16.7. The van der Waals surface area contributed by atoms with Crippen molar-refractivity contribution in [1.29, 1.82) is 0 Å². The number of benzene rings is 1. The lowest BCUT2D eigenvalue weighted by atomic mass is 10.0. The van der Waals surface area contributed by atoms with Crippen molar-refractivity contribution < 1.29 is 14.6 Å². The maximum absolute atomic E-state index is 10.0. The first-order valence-corrected chi connectivity index (χ1v) is 6.08. The van der Waals surface area contributed by atoms with Crippen LogP contribution in [0.1, 0.15) is 30.9 Å². The van der Waals surface area contributed by atoms with Crippen molar-refractivity contribution in [1.82, 2.24) is 0 Å². The fraction of sp³-hybridized carbons (Fsp3) is 0.571. The fourth-order valence-corrected chi connectivity index (χ4v) is 2.13. The smallest absolute Gasteiger partial charge is 0.125 e. The van der Waals surface area contributed by atoms with Crippen LogP contribution in [0.25, 0.3) is 0 Å². The van der Waals surface area contributed by atoms with Crippen LogP contribution in [0.3, 0.4) is 0 Å². The highest BCUT2D eigenvalue weighted by molar-refractivity contribution is 5.47. The minimum absolute atomic E-state index is 0.493. The van der Waals surface area contributed by atoms with E-state index in [1.807, 2.05) is 6.07 Å². The molecular formula is C14H20O3. The van der Waals surface area contributed by atoms with Crippen LogP contribution in [0, 0.1) is 0 Å². The van der Waals surface area contributed by atoms with Gasteiger partial charge in [-0.15, -0.1) is 0 Å². The van der Waals surface area contributed by atoms with Crippen LogP contribution < -0.4 is 9.47 Å². The average molecular weight is 236 g/mol. The van der Waals surface area contributed by atoms with Gasteiger partial charge >= 0.3 is 0 Å². The molecule has 1 aliphatic rings. The quantitative estimate of drug-likeness (QED) is 0.852. The lowest BCUT2D eigenvalue weighted by molar-refractivity contribution is 0.150. The summed E-state index contributed by atoms with van der Waals surface area (Å²) in [7, 11) is 3.32. The molecule has 0 aliphatic heterocycles. The second kappa shape index (κ2) is 4.57. The first-order chi connectivity index (χ1) is 8.11. The van der Waals surface area contributed by atoms with E-state index in [0.717, 1.165) is 41.9 Å². The molecule has 0 saturated heterocycles. The highest BCUT2D eigenvalue weighted by Gasteiger charge is 2.40. The molecule has 1 aliphatic carbocycles. The molecule has 3 nitrogen and oxygen atoms in total. The van der Waals surface area contributed by atoms with E-state index < -0.39 is 5.60 Å². The highest BCUT2D eigenvalue weighted by Crippen LogP contribution is 2.41. The van der Waals surface area contributed by atoms with Crippen molar-refractivity contribution in [2.75, 3.05) is 14.2 Å². The van der Waals surface area contributed by atoms with E-state index in [2.05, 4.69) is 13.0 Å². The number of methoxy groups -OCH3 is 2. The Labute approximate surface area is 102 Å². The molecule has 0 radical (unpaired) electrons. The molecule has 1 saturated carbocycles. The molecule has 0 heterocycles. The summed E-state index contributed by atoms with van der Waals surface area (Å²) in [6, 6.07) is 4.01. The number of aliphatic hydroxyl groups is 1. The van der Waals surface area contributed by atoms with Gasteiger partial charge in [-0.3, -0.25) is 0 Å². The number of aryl methyl sites for hydroxylation is 1. The van der Waals surface area contributed by atoms with Gasteiger partial charge in [0.2, 0.25) is 0 Å². The molecule has 94 valence electrons. The van der Waals surface area contributed by atoms with E-state index in [0.29, 0.717) is 6.42 Å². The zero-order valence-electron chi connectivity index (χ0n) is 10.7. The number of ether oxygens (including phenoxy) is 2. The Morgan fingerprint density at radius 2 is 1.71 bits per heavy atom. The third-order valence-electron chi connectivity index (χ3n) is 3.41. The van der Waals surface area contributed by atoms with Gasteiger partial charge in [-0.05, 0) is 36.5 Å². The minimum Gasteiger partial charge on any atom is -0.496 e. The molecule has 1 aromatic carbocycles. The second-order valence-electron chi connectivity index (χ2n) is 4.73. The van der Waals surface area contributed by atoms with Crippen molar-refractivity contribution in [3.63, 3.8) is 0 Å². The summed E-state index contributed by atoms with van der Waals surface area (Å²) in [5.74, 6) is 1.66. The van der Waals surface area contributed by atoms with Crippen LogP contribution in [0.4, 0.5) is 0 Å². The molecule has 0 amide bonds. The van der Waals surface area contributed by atoms with Crippen molar-refractivity contribution in [3.8, 4) is 11.5 Å². The summed E-state index contributed by atoms with van der Waals surface area (Å²) in [6.07, 6.45) is 3.37. The third kappa shape index (κ3) is 2.55. The first kappa shape index (κ1) is 12.2. The topological polar surface area (TPSA) is 38.7 Å². The summed E-state index contributed by atoms with van der Waals surface area (Å²) in [6.45, 7) is 2.10. The van der Waals surface area contributed by atoms with Gasteiger partial charge < -0.3 is 14.6 Å². The van der Waals surface area contributed by atoms with E-state index in [4.69, 9.17) is 9.47 Å². The molecule has 3 heteroatoms. The van der Waals surface area contributed by atoms with E-state index >= 15 is 0 Å². The SMILES string of the molecule is CCc1cc(CC2(O)CC2)c(OC)cc1OC. The summed E-state index contributed by atoms with van der Waals surface area (Å²) in [5.41, 5.74) is 1.74. The monoisotopic (exact) mass is 236 g/mol. The summed E-state index contributed by atoms with van der Waals surface area (Å²) in [5, 5.41) is 10.0. The first-order valence-electron chi connectivity index (χ1n) is 6.08. The van der Waals surface area contributed by atoms with Crippen molar-refractivity contribution >= 4 is 0 Å². The summed E-state index contributed by atoms with van der Waals surface area (Å²) < 4.78 is 10.7. The minimum atomic E-state index is -0.493. The molecule has 0 unspecified atom stereocenters. The molecule has 0 spiro atoms. The Balaban J connectivity index is 2.35. The van der Waals surface area contributed by atoms with Gasteiger partial charge in [0.25, 0.3) is 0 Å². The van der Waals surface area contributed by atoms with E-state index in [1.54, 1.807) is 14.2 Å². The fourth-order valence-electron chi connectivity index (χ4n) is 2.13. The molecule has 1 fully saturated rings. The maximum atomic E-state index is 10.0. The highest BCUT2D eigenvalue weighted by atomic mass is 16.5. The van der Waals surface area contributed by atoms with Gasteiger partial charge in [0.05, 0.1) is 19.8 Å². The Kier molecular flexibility index (Phi) is 3.29. The van der Waals surface area contributed by atoms with Crippen molar-refractivity contribution in [2.45, 2.75) is 38.2 Å². The summed E-state index contributed by atoms with van der Waals surface area (Å²) >= 11 is 0. The standard InChI is InChI=1S/C14H20O3/c1-4-10-7-11(9-14(15)5-6-14)13(17-3)8-12(10)16-2/h7-8,15H,4-6,9H2,1-3H3. The van der Waals surface area contributed by atoms with Gasteiger partial charge in [0.15, 0.2) is 0 Å². The number of rotatable bonds is 5. The van der Waals surface area contributed by atoms with Crippen molar-refractivity contribution in [2.24, 2.45) is 0 Å². The molecule has 2 rings (SSSR count). The van der Waals surface area contributed by atoms with Gasteiger partial charge in [-0.25, -0.2) is 0 Å². The number of hydrogen-bond acceptors (Lipinski definition) is 3. The van der Waals surface area contributed by atoms with Gasteiger partial charge in [-0.1, -0.05) is 6.92 Å². The number of hydrogen-bond donors (Lipinski definition) is 1. The average Bonchev–Trinajstić information content (AvgIpc) is 3.06. The van der Waals surface area contributed by atoms with Crippen LogP contribution in [-0.4, -0.2) is 24.9 Å². The van der Waals surface area contributed by atoms with Crippen LogP contribution in [-0.2, 0) is 12.8 Å². The van der Waals surface area contributed by atoms with Gasteiger partial charge in [0, 0.05) is 12.5 Å². The third-order valence-corrected chi connectivity index (χ3v) is 3.41. The van der Waals surface area contributed by atoms with Gasteiger partial charge in [-0.2, -0.15) is 0 Å². The maximum Gasteiger partial charge on any atom is 0.125 e. The Hall–Kier alpha value is -1.22. The molecule has 0 atom stereocenters. The van der Waals surface area contributed by atoms with Gasteiger partial charge in [0.1, 0.15) is 11.5 Å². The molecule has 17 heavy (non-hydrogen) atoms. The lowest BCUT2D eigenvalue weighted by Crippen LogP contribution is -2.12. The van der Waals surface area contributed by atoms with Crippen LogP contribution in [0.2, 0.25) is 0 Å². The van der Waals surface area contributed by atoms with E-state index in [9.17, 15) is 5.11 Å². The van der Waals surface area contributed by atoms with E-state index in [-0.39, 0.29) is 0 Å². The largest absolute Gasteiger partial charge is 0.496 e. The Bertz CT molecular complexity index is 408. The predicted molar refractivity (Wildman–Crippen MR) is 66.8 cm³/mol. The van der Waals surface area contributed by atoms with Crippen LogP contribution >= 0.6 is 0 Å². The zero-order valence-corrected chi connectivity index (χ0v) is 10.7. The predicted octanol–water partition coefficient (Wildman–Crippen LogP) is 2.33. The lowest BCUT2D eigenvalue weighted by Gasteiger charge is -2.16. The van der Waals surface area contributed by atoms with E-state index in [1.165, 1.54) is 0 Å². The Morgan fingerprint density at radius 3 is 2.18 bits per heavy atom. The van der Waals surface area contributed by atoms with Crippen LogP contribution in [0.5, 0.6) is 11.5 Å². The van der Waals surface area contributed by atoms with Crippen molar-refractivity contribution in [3.05, 3.63) is 23.3 Å². The molecule has 1 N–H and O–H groups in total. The molecular weight excluding hydrogens is 216 g/mol. The zero-order chi connectivity index (χ0) is 12.5. The Morgan fingerprint density at radius 1 is 1.12 bits per heavy atom. The molecule has 0 aromatic heterocycles. The molecule has 1 aromatic rings. The molecule has 0 bridgehead atoms. The summed E-state index contributed by atoms with van der Waals surface area (Å²) in [4.78, 5) is 0. The van der Waals surface area contributed by atoms with Crippen LogP contribution in [0.15, 0.2) is 12.1 Å².